The van der Waals surface area contributed by atoms with Gasteiger partial charge in [-0.25, -0.2) is 4.79 Å². The van der Waals surface area contributed by atoms with Gasteiger partial charge >= 0.3 is 5.97 Å². The summed E-state index contributed by atoms with van der Waals surface area (Å²) in [5, 5.41) is 0. The van der Waals surface area contributed by atoms with Crippen LogP contribution in [0, 0.1) is 6.92 Å². The number of allylic oxidation sites excluding steroid dienone is 3. The second kappa shape index (κ2) is 5.91. The van der Waals surface area contributed by atoms with Crippen LogP contribution in [0.3, 0.4) is 0 Å². The molecular formula is C14H16O2. The first kappa shape index (κ1) is 12.2. The van der Waals surface area contributed by atoms with Gasteiger partial charge < -0.3 is 4.74 Å². The lowest BCUT2D eigenvalue weighted by molar-refractivity contribution is 0.0600. The van der Waals surface area contributed by atoms with Gasteiger partial charge in [-0.2, -0.15) is 0 Å². The van der Waals surface area contributed by atoms with Crippen LogP contribution in [0.2, 0.25) is 0 Å². The summed E-state index contributed by atoms with van der Waals surface area (Å²) in [5.74, 6) is -0.305. The number of aryl methyl sites for hydroxylation is 1. The molecule has 0 amide bonds. The van der Waals surface area contributed by atoms with E-state index in [-0.39, 0.29) is 5.97 Å². The predicted molar refractivity (Wildman–Crippen MR) is 66.4 cm³/mol. The van der Waals surface area contributed by atoms with Crippen molar-refractivity contribution in [2.45, 2.75) is 13.8 Å². The van der Waals surface area contributed by atoms with Crippen LogP contribution in [-0.4, -0.2) is 13.1 Å². The Morgan fingerprint density at radius 1 is 1.31 bits per heavy atom. The molecule has 84 valence electrons. The van der Waals surface area contributed by atoms with Crippen molar-refractivity contribution in [3.05, 3.63) is 53.1 Å². The number of carbonyl (C=O) groups is 1. The van der Waals surface area contributed by atoms with E-state index in [1.54, 1.807) is 6.07 Å². The summed E-state index contributed by atoms with van der Waals surface area (Å²) < 4.78 is 4.68. The molecule has 0 fully saturated rings. The van der Waals surface area contributed by atoms with E-state index < -0.39 is 0 Å². The largest absolute Gasteiger partial charge is 0.465 e. The summed E-state index contributed by atoms with van der Waals surface area (Å²) >= 11 is 0. The van der Waals surface area contributed by atoms with E-state index in [1.807, 2.05) is 50.3 Å². The molecule has 0 unspecified atom stereocenters. The molecule has 0 spiro atoms. The van der Waals surface area contributed by atoms with Gasteiger partial charge in [0.05, 0.1) is 12.7 Å². The van der Waals surface area contributed by atoms with Gasteiger partial charge in [0, 0.05) is 0 Å². The standard InChI is InChI=1S/C14H16O2/c1-4-5-6-7-12-10-13(14(15)16-3)9-8-11(12)2/h4-10H,1-3H3/b5-4-,7-6-. The molecule has 1 rings (SSSR count). The minimum Gasteiger partial charge on any atom is -0.465 e. The highest BCUT2D eigenvalue weighted by Crippen LogP contribution is 2.13. The molecule has 16 heavy (non-hydrogen) atoms. The van der Waals surface area contributed by atoms with Crippen LogP contribution < -0.4 is 0 Å². The van der Waals surface area contributed by atoms with E-state index in [2.05, 4.69) is 4.74 Å². The molecule has 0 N–H and O–H groups in total. The van der Waals surface area contributed by atoms with E-state index in [0.717, 1.165) is 11.1 Å². The lowest BCUT2D eigenvalue weighted by Crippen LogP contribution is -2.01. The van der Waals surface area contributed by atoms with Crippen LogP contribution in [0.4, 0.5) is 0 Å². The first-order chi connectivity index (χ1) is 7.69. The van der Waals surface area contributed by atoms with E-state index in [0.29, 0.717) is 5.56 Å². The quantitative estimate of drug-likeness (QED) is 0.572. The normalized spacial score (nSPS) is 11.2. The van der Waals surface area contributed by atoms with Crippen molar-refractivity contribution in [2.75, 3.05) is 7.11 Å². The van der Waals surface area contributed by atoms with Crippen molar-refractivity contribution < 1.29 is 9.53 Å². The fourth-order valence-corrected chi connectivity index (χ4v) is 1.34. The van der Waals surface area contributed by atoms with Crippen LogP contribution in [-0.2, 0) is 4.74 Å². The molecule has 0 radical (unpaired) electrons. The highest BCUT2D eigenvalue weighted by atomic mass is 16.5. The maximum atomic E-state index is 11.3. The number of hydrogen-bond donors (Lipinski definition) is 0. The van der Waals surface area contributed by atoms with Crippen molar-refractivity contribution in [1.82, 2.24) is 0 Å². The number of methoxy groups -OCH3 is 1. The number of hydrogen-bond acceptors (Lipinski definition) is 2. The van der Waals surface area contributed by atoms with Gasteiger partial charge in [0.1, 0.15) is 0 Å². The molecule has 0 bridgehead atoms. The van der Waals surface area contributed by atoms with Crippen LogP contribution in [0.5, 0.6) is 0 Å². The van der Waals surface area contributed by atoms with E-state index >= 15 is 0 Å². The molecule has 2 nitrogen and oxygen atoms in total. The number of carbonyl (C=O) groups excluding carboxylic acids is 1. The lowest BCUT2D eigenvalue weighted by Gasteiger charge is -2.03. The maximum absolute atomic E-state index is 11.3. The van der Waals surface area contributed by atoms with Crippen molar-refractivity contribution in [1.29, 1.82) is 0 Å². The molecule has 0 aromatic heterocycles. The Bertz CT molecular complexity index is 428. The van der Waals surface area contributed by atoms with Crippen LogP contribution >= 0.6 is 0 Å². The lowest BCUT2D eigenvalue weighted by atomic mass is 10.0. The number of ether oxygens (including phenoxy) is 1. The molecule has 1 aromatic carbocycles. The molecule has 0 aliphatic rings. The first-order valence-corrected chi connectivity index (χ1v) is 5.17. The Morgan fingerprint density at radius 2 is 2.06 bits per heavy atom. The summed E-state index contributed by atoms with van der Waals surface area (Å²) in [7, 11) is 1.39. The van der Waals surface area contributed by atoms with Crippen molar-refractivity contribution in [3.8, 4) is 0 Å². The number of rotatable bonds is 3. The van der Waals surface area contributed by atoms with Crippen LogP contribution in [0.25, 0.3) is 6.08 Å². The summed E-state index contributed by atoms with van der Waals surface area (Å²) in [6.07, 6.45) is 7.82. The van der Waals surface area contributed by atoms with Gasteiger partial charge in [-0.3, -0.25) is 0 Å². The van der Waals surface area contributed by atoms with Crippen molar-refractivity contribution in [2.24, 2.45) is 0 Å². The minimum absolute atomic E-state index is 0.305. The minimum atomic E-state index is -0.305. The second-order valence-electron chi connectivity index (χ2n) is 3.45. The summed E-state index contributed by atoms with van der Waals surface area (Å²) in [6, 6.07) is 5.52. The molecule has 0 saturated heterocycles. The van der Waals surface area contributed by atoms with Crippen LogP contribution in [0.15, 0.2) is 36.4 Å². The average molecular weight is 216 g/mol. The van der Waals surface area contributed by atoms with Gasteiger partial charge in [-0.05, 0) is 37.1 Å². The Hall–Kier alpha value is -1.83. The highest BCUT2D eigenvalue weighted by molar-refractivity contribution is 5.90. The van der Waals surface area contributed by atoms with E-state index in [4.69, 9.17) is 0 Å². The fourth-order valence-electron chi connectivity index (χ4n) is 1.34. The number of esters is 1. The molecule has 0 aliphatic heterocycles. The zero-order valence-corrected chi connectivity index (χ0v) is 9.86. The highest BCUT2D eigenvalue weighted by Gasteiger charge is 2.05. The topological polar surface area (TPSA) is 26.3 Å². The SMILES string of the molecule is C/C=C\C=C/c1cc(C(=O)OC)ccc1C. The Kier molecular flexibility index (Phi) is 4.52. The fraction of sp³-hybridized carbons (Fsp3) is 0.214. The third kappa shape index (κ3) is 3.09. The van der Waals surface area contributed by atoms with Crippen molar-refractivity contribution in [3.63, 3.8) is 0 Å². The average Bonchev–Trinajstić information content (AvgIpc) is 2.31. The Morgan fingerprint density at radius 3 is 2.69 bits per heavy atom. The second-order valence-corrected chi connectivity index (χ2v) is 3.45. The number of benzene rings is 1. The zero-order chi connectivity index (χ0) is 12.0. The first-order valence-electron chi connectivity index (χ1n) is 5.17. The van der Waals surface area contributed by atoms with Crippen LogP contribution in [0.1, 0.15) is 28.4 Å². The molecule has 0 heterocycles. The third-order valence-corrected chi connectivity index (χ3v) is 2.28. The van der Waals surface area contributed by atoms with Gasteiger partial charge in [0.15, 0.2) is 0 Å². The summed E-state index contributed by atoms with van der Waals surface area (Å²) in [5.41, 5.74) is 2.74. The molecule has 0 atom stereocenters. The van der Waals surface area contributed by atoms with E-state index in [9.17, 15) is 4.79 Å². The molecule has 1 aromatic rings. The van der Waals surface area contributed by atoms with Crippen molar-refractivity contribution >= 4 is 12.0 Å². The van der Waals surface area contributed by atoms with Gasteiger partial charge in [-0.15, -0.1) is 0 Å². The Balaban J connectivity index is 3.03. The summed E-state index contributed by atoms with van der Waals surface area (Å²) in [4.78, 5) is 11.3. The molecule has 0 aliphatic carbocycles. The maximum Gasteiger partial charge on any atom is 0.337 e. The van der Waals surface area contributed by atoms with Gasteiger partial charge in [0.25, 0.3) is 0 Å². The summed E-state index contributed by atoms with van der Waals surface area (Å²) in [6.45, 7) is 3.97. The molecular weight excluding hydrogens is 200 g/mol. The van der Waals surface area contributed by atoms with E-state index in [1.165, 1.54) is 7.11 Å². The van der Waals surface area contributed by atoms with Gasteiger partial charge in [-0.1, -0.05) is 30.4 Å². The third-order valence-electron chi connectivity index (χ3n) is 2.28. The smallest absolute Gasteiger partial charge is 0.337 e. The predicted octanol–water partition coefficient (Wildman–Crippen LogP) is 3.37. The van der Waals surface area contributed by atoms with Gasteiger partial charge in [0.2, 0.25) is 0 Å². The molecule has 2 heteroatoms. The monoisotopic (exact) mass is 216 g/mol. The zero-order valence-electron chi connectivity index (χ0n) is 9.86. The molecule has 0 saturated carbocycles. The Labute approximate surface area is 96.2 Å².